The number of aromatic amines is 1. The number of fused-ring (bicyclic) bond motifs is 1. The summed E-state index contributed by atoms with van der Waals surface area (Å²) >= 11 is 0. The van der Waals surface area contributed by atoms with E-state index in [2.05, 4.69) is 54.6 Å². The largest absolute Gasteiger partial charge is 0.379 e. The Kier molecular flexibility index (Phi) is 6.06. The fraction of sp³-hybridized carbons (Fsp3) is 0.367. The van der Waals surface area contributed by atoms with Crippen molar-refractivity contribution in [1.82, 2.24) is 25.4 Å². The van der Waals surface area contributed by atoms with Gasteiger partial charge < -0.3 is 15.0 Å². The smallest absolute Gasteiger partial charge is 0.251 e. The summed E-state index contributed by atoms with van der Waals surface area (Å²) in [4.78, 5) is 22.8. The van der Waals surface area contributed by atoms with Gasteiger partial charge in [0, 0.05) is 60.6 Å². The maximum atomic E-state index is 13.3. The molecule has 4 aromatic rings. The van der Waals surface area contributed by atoms with Gasteiger partial charge in [-0.2, -0.15) is 5.10 Å². The summed E-state index contributed by atoms with van der Waals surface area (Å²) in [5.74, 6) is 0.376. The van der Waals surface area contributed by atoms with Crippen LogP contribution in [-0.2, 0) is 4.74 Å². The molecule has 194 valence electrons. The lowest BCUT2D eigenvalue weighted by Crippen LogP contribution is -2.61. The molecule has 8 heteroatoms. The van der Waals surface area contributed by atoms with Crippen molar-refractivity contribution in [2.24, 2.45) is 5.92 Å². The molecule has 0 bridgehead atoms. The van der Waals surface area contributed by atoms with E-state index in [1.807, 2.05) is 36.4 Å². The Hall–Kier alpha value is -3.75. The molecule has 7 rings (SSSR count). The molecule has 2 aromatic heterocycles. The number of anilines is 1. The SMILES string of the molecule is O=C(NC(c1ccccn1)C1CC1)c1ccc2[nH]nc(-c3ccc(N4CC(N5CCOCC5)C4)cc3)c2c1. The number of carbonyl (C=O) groups excluding carboxylic acids is 1. The van der Waals surface area contributed by atoms with E-state index in [-0.39, 0.29) is 11.9 Å². The first-order chi connectivity index (χ1) is 18.7. The second kappa shape index (κ2) is 9.85. The van der Waals surface area contributed by atoms with Gasteiger partial charge >= 0.3 is 0 Å². The predicted molar refractivity (Wildman–Crippen MR) is 147 cm³/mol. The van der Waals surface area contributed by atoms with E-state index >= 15 is 0 Å². The highest BCUT2D eigenvalue weighted by Crippen LogP contribution is 2.40. The number of hydrogen-bond donors (Lipinski definition) is 2. The van der Waals surface area contributed by atoms with Gasteiger partial charge in [0.15, 0.2) is 0 Å². The van der Waals surface area contributed by atoms with Gasteiger partial charge in [0.2, 0.25) is 0 Å². The summed E-state index contributed by atoms with van der Waals surface area (Å²) in [6.07, 6.45) is 4.03. The Bertz CT molecular complexity index is 1420. The molecule has 4 heterocycles. The Morgan fingerprint density at radius 2 is 1.84 bits per heavy atom. The number of pyridine rings is 1. The number of nitrogens with one attached hydrogen (secondary N) is 2. The van der Waals surface area contributed by atoms with Gasteiger partial charge in [-0.1, -0.05) is 18.2 Å². The fourth-order valence-corrected chi connectivity index (χ4v) is 5.69. The van der Waals surface area contributed by atoms with E-state index in [1.54, 1.807) is 6.20 Å². The molecule has 1 aliphatic carbocycles. The van der Waals surface area contributed by atoms with E-state index in [4.69, 9.17) is 4.74 Å². The molecule has 2 aromatic carbocycles. The molecular formula is C30H32N6O2. The van der Waals surface area contributed by atoms with Crippen molar-refractivity contribution in [1.29, 1.82) is 0 Å². The van der Waals surface area contributed by atoms with Crippen LogP contribution in [0.25, 0.3) is 22.2 Å². The van der Waals surface area contributed by atoms with Crippen molar-refractivity contribution >= 4 is 22.5 Å². The summed E-state index contributed by atoms with van der Waals surface area (Å²) in [6, 6.07) is 20.8. The lowest BCUT2D eigenvalue weighted by Gasteiger charge is -2.47. The lowest BCUT2D eigenvalue weighted by molar-refractivity contribution is 0.0105. The zero-order valence-electron chi connectivity index (χ0n) is 21.3. The quantitative estimate of drug-likeness (QED) is 0.392. The number of H-pyrrole nitrogens is 1. The molecule has 3 fully saturated rings. The maximum absolute atomic E-state index is 13.3. The number of hydrogen-bond acceptors (Lipinski definition) is 6. The van der Waals surface area contributed by atoms with Crippen LogP contribution in [0.15, 0.2) is 66.9 Å². The van der Waals surface area contributed by atoms with Gasteiger partial charge in [0.25, 0.3) is 5.91 Å². The normalized spacial score (nSPS) is 19.3. The number of ether oxygens (including phenoxy) is 1. The van der Waals surface area contributed by atoms with Crippen LogP contribution in [0.2, 0.25) is 0 Å². The number of amides is 1. The first-order valence-corrected chi connectivity index (χ1v) is 13.6. The molecule has 1 atom stereocenters. The number of morpholine rings is 1. The molecule has 3 aliphatic rings. The Balaban J connectivity index is 1.07. The van der Waals surface area contributed by atoms with Crippen LogP contribution in [-0.4, -0.2) is 71.4 Å². The Labute approximate surface area is 222 Å². The summed E-state index contributed by atoms with van der Waals surface area (Å²) < 4.78 is 5.49. The van der Waals surface area contributed by atoms with Crippen molar-refractivity contribution < 1.29 is 9.53 Å². The van der Waals surface area contributed by atoms with Crippen LogP contribution < -0.4 is 10.2 Å². The van der Waals surface area contributed by atoms with Crippen LogP contribution in [0.5, 0.6) is 0 Å². The van der Waals surface area contributed by atoms with Crippen LogP contribution in [0.3, 0.4) is 0 Å². The van der Waals surface area contributed by atoms with E-state index in [0.29, 0.717) is 17.5 Å². The van der Waals surface area contributed by atoms with Crippen LogP contribution in [0.1, 0.15) is 34.9 Å². The Morgan fingerprint density at radius 1 is 1.03 bits per heavy atom. The third kappa shape index (κ3) is 4.54. The third-order valence-electron chi connectivity index (χ3n) is 8.14. The number of aromatic nitrogens is 3. The first-order valence-electron chi connectivity index (χ1n) is 13.6. The van der Waals surface area contributed by atoms with E-state index in [0.717, 1.165) is 80.1 Å². The second-order valence-electron chi connectivity index (χ2n) is 10.6. The summed E-state index contributed by atoms with van der Waals surface area (Å²) in [5, 5.41) is 11.9. The molecule has 38 heavy (non-hydrogen) atoms. The van der Waals surface area contributed by atoms with E-state index in [9.17, 15) is 4.79 Å². The first kappa shape index (κ1) is 23.4. The molecule has 2 saturated heterocycles. The predicted octanol–water partition coefficient (Wildman–Crippen LogP) is 4.03. The highest BCUT2D eigenvalue weighted by Gasteiger charge is 2.35. The summed E-state index contributed by atoms with van der Waals surface area (Å²) in [5.41, 5.74) is 5.60. The third-order valence-corrected chi connectivity index (χ3v) is 8.14. The van der Waals surface area contributed by atoms with Gasteiger partial charge in [-0.05, 0) is 61.2 Å². The van der Waals surface area contributed by atoms with Crippen molar-refractivity contribution in [3.63, 3.8) is 0 Å². The Morgan fingerprint density at radius 3 is 2.58 bits per heavy atom. The van der Waals surface area contributed by atoms with Gasteiger partial charge in [-0.3, -0.25) is 19.8 Å². The van der Waals surface area contributed by atoms with Crippen molar-refractivity contribution in [2.75, 3.05) is 44.3 Å². The average Bonchev–Trinajstić information content (AvgIpc) is 3.70. The molecule has 1 unspecified atom stereocenters. The van der Waals surface area contributed by atoms with E-state index in [1.165, 1.54) is 5.69 Å². The number of nitrogens with zero attached hydrogens (tertiary/aromatic N) is 4. The molecule has 2 aliphatic heterocycles. The molecule has 0 radical (unpaired) electrons. The van der Waals surface area contributed by atoms with Crippen molar-refractivity contribution in [3.8, 4) is 11.3 Å². The fourth-order valence-electron chi connectivity index (χ4n) is 5.69. The second-order valence-corrected chi connectivity index (χ2v) is 10.6. The average molecular weight is 509 g/mol. The zero-order chi connectivity index (χ0) is 25.5. The molecule has 1 saturated carbocycles. The minimum absolute atomic E-state index is 0.0555. The maximum Gasteiger partial charge on any atom is 0.251 e. The standard InChI is InChI=1S/C30H32N6O2/c37-30(32-29(21-4-5-21)27-3-1-2-12-31-27)22-8-11-26-25(17-22)28(34-33-26)20-6-9-23(10-7-20)36-18-24(19-36)35-13-15-38-16-14-35/h1-3,6-12,17,21,24,29H,4-5,13-16,18-19H2,(H,32,37)(H,33,34). The summed E-state index contributed by atoms with van der Waals surface area (Å²) in [7, 11) is 0. The summed E-state index contributed by atoms with van der Waals surface area (Å²) in [6.45, 7) is 5.88. The highest BCUT2D eigenvalue weighted by molar-refractivity contribution is 6.01. The van der Waals surface area contributed by atoms with Gasteiger partial charge in [-0.15, -0.1) is 0 Å². The monoisotopic (exact) mass is 508 g/mol. The zero-order valence-corrected chi connectivity index (χ0v) is 21.3. The van der Waals surface area contributed by atoms with Crippen molar-refractivity contribution in [3.05, 3.63) is 78.1 Å². The van der Waals surface area contributed by atoms with Gasteiger partial charge in [-0.25, -0.2) is 0 Å². The number of carbonyl (C=O) groups is 1. The number of rotatable bonds is 7. The molecule has 8 nitrogen and oxygen atoms in total. The highest BCUT2D eigenvalue weighted by atomic mass is 16.5. The lowest BCUT2D eigenvalue weighted by atomic mass is 10.0. The minimum Gasteiger partial charge on any atom is -0.379 e. The topological polar surface area (TPSA) is 86.4 Å². The van der Waals surface area contributed by atoms with Crippen LogP contribution >= 0.6 is 0 Å². The minimum atomic E-state index is -0.0791. The number of benzene rings is 2. The van der Waals surface area contributed by atoms with Gasteiger partial charge in [0.05, 0.1) is 36.2 Å². The molecule has 1 amide bonds. The van der Waals surface area contributed by atoms with E-state index < -0.39 is 0 Å². The molecule has 0 spiro atoms. The van der Waals surface area contributed by atoms with Crippen LogP contribution in [0, 0.1) is 5.92 Å². The molecular weight excluding hydrogens is 476 g/mol. The van der Waals surface area contributed by atoms with Gasteiger partial charge in [0.1, 0.15) is 0 Å². The van der Waals surface area contributed by atoms with Crippen LogP contribution in [0.4, 0.5) is 5.69 Å². The van der Waals surface area contributed by atoms with Crippen molar-refractivity contribution in [2.45, 2.75) is 24.9 Å². The molecule has 2 N–H and O–H groups in total.